The predicted molar refractivity (Wildman–Crippen MR) is 79.7 cm³/mol. The van der Waals surface area contributed by atoms with Gasteiger partial charge in [-0.25, -0.2) is 0 Å². The van der Waals surface area contributed by atoms with Gasteiger partial charge >= 0.3 is 6.61 Å². The molecule has 2 aromatic rings. The first-order valence-corrected chi connectivity index (χ1v) is 6.41. The Bertz CT molecular complexity index is 763. The highest BCUT2D eigenvalue weighted by Crippen LogP contribution is 2.22. The van der Waals surface area contributed by atoms with E-state index in [9.17, 15) is 24.2 Å². The molecule has 0 radical (unpaired) electrons. The Morgan fingerprint density at radius 2 is 1.78 bits per heavy atom. The summed E-state index contributed by atoms with van der Waals surface area (Å²) in [6, 6.07) is 13.3. The van der Waals surface area contributed by atoms with Crippen LogP contribution in [0.4, 0.5) is 14.5 Å². The van der Waals surface area contributed by atoms with Crippen LogP contribution in [-0.2, 0) is 0 Å². The summed E-state index contributed by atoms with van der Waals surface area (Å²) in [5.74, 6) is 0.0194. The molecule has 0 amide bonds. The van der Waals surface area contributed by atoms with Crippen LogP contribution in [0.5, 0.6) is 5.75 Å². The molecule has 116 valence electrons. The minimum Gasteiger partial charge on any atom is -0.435 e. The minimum atomic E-state index is -2.90. The standard InChI is InChI=1S/C16H10F2N2O3/c17-16(18)23-15-7-1-11(2-8-15)9-13(10-19)12-3-5-14(6-4-12)20(21)22/h1-9,16H/b13-9+. The Kier molecular flexibility index (Phi) is 5.00. The molecule has 0 spiro atoms. The maximum absolute atomic E-state index is 12.1. The van der Waals surface area contributed by atoms with Crippen LogP contribution in [0.15, 0.2) is 48.5 Å². The van der Waals surface area contributed by atoms with Crippen LogP contribution in [0.25, 0.3) is 11.6 Å². The summed E-state index contributed by atoms with van der Waals surface area (Å²) in [7, 11) is 0. The van der Waals surface area contributed by atoms with E-state index in [0.29, 0.717) is 16.7 Å². The van der Waals surface area contributed by atoms with Gasteiger partial charge in [0.1, 0.15) is 5.75 Å². The van der Waals surface area contributed by atoms with Gasteiger partial charge in [-0.15, -0.1) is 0 Å². The zero-order chi connectivity index (χ0) is 16.8. The molecule has 2 rings (SSSR count). The highest BCUT2D eigenvalue weighted by Gasteiger charge is 2.07. The molecule has 7 heteroatoms. The van der Waals surface area contributed by atoms with E-state index in [1.54, 1.807) is 6.08 Å². The minimum absolute atomic E-state index is 0.0194. The van der Waals surface area contributed by atoms with Crippen molar-refractivity contribution < 1.29 is 18.4 Å². The van der Waals surface area contributed by atoms with Gasteiger partial charge in [0.05, 0.1) is 16.6 Å². The topological polar surface area (TPSA) is 76.2 Å². The second kappa shape index (κ2) is 7.13. The van der Waals surface area contributed by atoms with Crippen LogP contribution in [0.1, 0.15) is 11.1 Å². The van der Waals surface area contributed by atoms with E-state index in [1.807, 2.05) is 6.07 Å². The molecule has 0 fully saturated rings. The van der Waals surface area contributed by atoms with E-state index >= 15 is 0 Å². The summed E-state index contributed by atoms with van der Waals surface area (Å²) in [5.41, 5.74) is 1.36. The van der Waals surface area contributed by atoms with Crippen LogP contribution in [0.3, 0.4) is 0 Å². The largest absolute Gasteiger partial charge is 0.435 e. The van der Waals surface area contributed by atoms with Crippen molar-refractivity contribution >= 4 is 17.3 Å². The molecule has 0 unspecified atom stereocenters. The molecular weight excluding hydrogens is 306 g/mol. The van der Waals surface area contributed by atoms with Crippen LogP contribution in [0.2, 0.25) is 0 Å². The van der Waals surface area contributed by atoms with Crippen LogP contribution < -0.4 is 4.74 Å². The van der Waals surface area contributed by atoms with Crippen molar-refractivity contribution in [2.45, 2.75) is 6.61 Å². The van der Waals surface area contributed by atoms with Crippen molar-refractivity contribution in [1.82, 2.24) is 0 Å². The third-order valence-corrected chi connectivity index (χ3v) is 2.93. The number of benzene rings is 2. The highest BCUT2D eigenvalue weighted by molar-refractivity contribution is 5.89. The Balaban J connectivity index is 2.24. The number of nitro groups is 1. The van der Waals surface area contributed by atoms with Gasteiger partial charge in [0.25, 0.3) is 5.69 Å². The van der Waals surface area contributed by atoms with E-state index in [4.69, 9.17) is 0 Å². The Morgan fingerprint density at radius 1 is 1.17 bits per heavy atom. The molecule has 0 aliphatic carbocycles. The Morgan fingerprint density at radius 3 is 2.26 bits per heavy atom. The molecule has 23 heavy (non-hydrogen) atoms. The van der Waals surface area contributed by atoms with E-state index in [2.05, 4.69) is 4.74 Å². The highest BCUT2D eigenvalue weighted by atomic mass is 19.3. The molecule has 0 aromatic heterocycles. The maximum Gasteiger partial charge on any atom is 0.387 e. The monoisotopic (exact) mass is 316 g/mol. The number of nitriles is 1. The predicted octanol–water partition coefficient (Wildman–Crippen LogP) is 4.26. The third kappa shape index (κ3) is 4.35. The van der Waals surface area contributed by atoms with Gasteiger partial charge in [0.2, 0.25) is 0 Å². The maximum atomic E-state index is 12.1. The second-order valence-electron chi connectivity index (χ2n) is 4.42. The van der Waals surface area contributed by atoms with Crippen molar-refractivity contribution in [1.29, 1.82) is 5.26 Å². The molecule has 0 aliphatic heterocycles. The van der Waals surface area contributed by atoms with E-state index in [1.165, 1.54) is 48.5 Å². The van der Waals surface area contributed by atoms with Gasteiger partial charge in [-0.1, -0.05) is 12.1 Å². The number of non-ortho nitro benzene ring substituents is 1. The van der Waals surface area contributed by atoms with Crippen molar-refractivity contribution in [3.8, 4) is 11.8 Å². The van der Waals surface area contributed by atoms with E-state index in [0.717, 1.165) is 0 Å². The van der Waals surface area contributed by atoms with Crippen LogP contribution in [-0.4, -0.2) is 11.5 Å². The number of alkyl halides is 2. The Labute approximate surface area is 130 Å². The van der Waals surface area contributed by atoms with Crippen molar-refractivity contribution in [2.75, 3.05) is 0 Å². The average Bonchev–Trinajstić information content (AvgIpc) is 2.53. The number of halogens is 2. The zero-order valence-corrected chi connectivity index (χ0v) is 11.6. The lowest BCUT2D eigenvalue weighted by atomic mass is 10.0. The lowest BCUT2D eigenvalue weighted by molar-refractivity contribution is -0.384. The molecule has 0 N–H and O–H groups in total. The normalized spacial score (nSPS) is 11.1. The summed E-state index contributed by atoms with van der Waals surface area (Å²) >= 11 is 0. The fourth-order valence-electron chi connectivity index (χ4n) is 1.86. The van der Waals surface area contributed by atoms with Crippen molar-refractivity contribution in [3.63, 3.8) is 0 Å². The lowest BCUT2D eigenvalue weighted by Crippen LogP contribution is -2.01. The zero-order valence-electron chi connectivity index (χ0n) is 11.6. The number of nitro benzene ring substituents is 1. The van der Waals surface area contributed by atoms with Crippen molar-refractivity contribution in [2.24, 2.45) is 0 Å². The number of hydrogen-bond donors (Lipinski definition) is 0. The SMILES string of the molecule is N#C/C(=C\c1ccc(OC(F)F)cc1)c1ccc([N+](=O)[O-])cc1. The van der Waals surface area contributed by atoms with Gasteiger partial charge in [-0.05, 0) is 41.5 Å². The average molecular weight is 316 g/mol. The number of rotatable bonds is 5. The summed E-state index contributed by atoms with van der Waals surface area (Å²) in [5, 5.41) is 19.8. The van der Waals surface area contributed by atoms with Crippen LogP contribution in [0, 0.1) is 21.4 Å². The molecule has 5 nitrogen and oxygen atoms in total. The Hall–Kier alpha value is -3.27. The first kappa shape index (κ1) is 16.1. The number of nitrogens with zero attached hydrogens (tertiary/aromatic N) is 2. The first-order chi connectivity index (χ1) is 11.0. The van der Waals surface area contributed by atoms with Crippen LogP contribution >= 0.6 is 0 Å². The van der Waals surface area contributed by atoms with Gasteiger partial charge < -0.3 is 4.74 Å². The summed E-state index contributed by atoms with van der Waals surface area (Å²) in [6.45, 7) is -2.90. The van der Waals surface area contributed by atoms with Crippen molar-refractivity contribution in [3.05, 3.63) is 69.8 Å². The molecule has 0 atom stereocenters. The molecular formula is C16H10F2N2O3. The second-order valence-corrected chi connectivity index (χ2v) is 4.42. The third-order valence-electron chi connectivity index (χ3n) is 2.93. The summed E-state index contributed by atoms with van der Waals surface area (Å²) < 4.78 is 28.4. The number of hydrogen-bond acceptors (Lipinski definition) is 4. The summed E-state index contributed by atoms with van der Waals surface area (Å²) in [4.78, 5) is 10.1. The van der Waals surface area contributed by atoms with Gasteiger partial charge in [0.15, 0.2) is 0 Å². The van der Waals surface area contributed by atoms with Gasteiger partial charge in [-0.2, -0.15) is 14.0 Å². The quantitative estimate of drug-likeness (QED) is 0.357. The van der Waals surface area contributed by atoms with Gasteiger partial charge in [-0.3, -0.25) is 10.1 Å². The lowest BCUT2D eigenvalue weighted by Gasteiger charge is -2.04. The molecule has 0 heterocycles. The molecule has 0 saturated heterocycles. The number of ether oxygens (including phenoxy) is 1. The van der Waals surface area contributed by atoms with E-state index < -0.39 is 11.5 Å². The molecule has 0 saturated carbocycles. The molecule has 2 aromatic carbocycles. The fraction of sp³-hybridized carbons (Fsp3) is 0.0625. The number of allylic oxidation sites excluding steroid dienone is 1. The fourth-order valence-corrected chi connectivity index (χ4v) is 1.86. The van der Waals surface area contributed by atoms with Gasteiger partial charge in [0, 0.05) is 12.1 Å². The molecule has 0 aliphatic rings. The first-order valence-electron chi connectivity index (χ1n) is 6.41. The van der Waals surface area contributed by atoms with E-state index in [-0.39, 0.29) is 11.4 Å². The smallest absolute Gasteiger partial charge is 0.387 e. The molecule has 0 bridgehead atoms. The summed E-state index contributed by atoms with van der Waals surface area (Å²) in [6.07, 6.45) is 1.55.